The average molecular weight is 329 g/mol. The van der Waals surface area contributed by atoms with Crippen LogP contribution in [-0.2, 0) is 19.6 Å². The molecule has 3 aliphatic rings. The van der Waals surface area contributed by atoms with Gasteiger partial charge in [-0.1, -0.05) is 13.8 Å². The molecule has 1 N–H and O–H groups in total. The van der Waals surface area contributed by atoms with Gasteiger partial charge in [-0.2, -0.15) is 0 Å². The van der Waals surface area contributed by atoms with Gasteiger partial charge < -0.3 is 4.74 Å². The van der Waals surface area contributed by atoms with Gasteiger partial charge in [0.2, 0.25) is 10.0 Å². The molecule has 0 aromatic carbocycles. The van der Waals surface area contributed by atoms with E-state index in [0.29, 0.717) is 25.4 Å². The van der Waals surface area contributed by atoms with E-state index >= 15 is 0 Å². The smallest absolute Gasteiger partial charge is 0.212 e. The number of carbonyl (C=O) groups is 1. The molecule has 0 spiro atoms. The maximum absolute atomic E-state index is 12.7. The molecule has 22 heavy (non-hydrogen) atoms. The first-order valence-corrected chi connectivity index (χ1v) is 9.98. The van der Waals surface area contributed by atoms with Crippen molar-refractivity contribution in [1.29, 1.82) is 0 Å². The van der Waals surface area contributed by atoms with E-state index in [1.807, 2.05) is 6.92 Å². The summed E-state index contributed by atoms with van der Waals surface area (Å²) in [6.45, 7) is 6.68. The molecule has 1 aliphatic heterocycles. The molecule has 1 saturated heterocycles. The molecule has 1 heterocycles. The summed E-state index contributed by atoms with van der Waals surface area (Å²) < 4.78 is 33.6. The van der Waals surface area contributed by atoms with Crippen LogP contribution in [0.4, 0.5) is 0 Å². The Morgan fingerprint density at radius 1 is 1.36 bits per heavy atom. The second-order valence-corrected chi connectivity index (χ2v) is 9.64. The molecule has 0 radical (unpaired) electrons. The number of ketones is 1. The summed E-state index contributed by atoms with van der Waals surface area (Å²) in [4.78, 5) is 12.5. The van der Waals surface area contributed by atoms with Gasteiger partial charge in [0.05, 0.1) is 11.9 Å². The quantitative estimate of drug-likeness (QED) is 0.836. The maximum atomic E-state index is 12.7. The molecule has 3 rings (SSSR count). The van der Waals surface area contributed by atoms with Crippen LogP contribution in [0.3, 0.4) is 0 Å². The summed E-state index contributed by atoms with van der Waals surface area (Å²) in [5.41, 5.74) is -0.911. The van der Waals surface area contributed by atoms with Crippen molar-refractivity contribution >= 4 is 15.8 Å². The van der Waals surface area contributed by atoms with Gasteiger partial charge in [0, 0.05) is 24.5 Å². The minimum atomic E-state index is -3.50. The number of hydrogen-bond acceptors (Lipinski definition) is 4. The summed E-state index contributed by atoms with van der Waals surface area (Å²) in [6, 6.07) is -0.235. The number of fused-ring (bicyclic) bond motifs is 2. The highest BCUT2D eigenvalue weighted by Crippen LogP contribution is 2.64. The second kappa shape index (κ2) is 5.28. The van der Waals surface area contributed by atoms with E-state index in [1.165, 1.54) is 0 Å². The Morgan fingerprint density at radius 2 is 2.09 bits per heavy atom. The lowest BCUT2D eigenvalue weighted by Gasteiger charge is -2.36. The van der Waals surface area contributed by atoms with Crippen LogP contribution in [0, 0.1) is 16.7 Å². The molecule has 0 aromatic heterocycles. The molecular weight excluding hydrogens is 302 g/mol. The molecule has 0 aromatic rings. The third-order valence-electron chi connectivity index (χ3n) is 6.46. The number of carbonyl (C=O) groups excluding carboxylic acids is 1. The van der Waals surface area contributed by atoms with E-state index in [2.05, 4.69) is 18.6 Å². The Bertz CT molecular complexity index is 565. The summed E-state index contributed by atoms with van der Waals surface area (Å²) in [7, 11) is -3.50. The molecule has 6 heteroatoms. The fraction of sp³-hybridized carbons (Fsp3) is 0.938. The summed E-state index contributed by atoms with van der Waals surface area (Å²) in [5.74, 6) is 0.411. The molecule has 2 bridgehead atoms. The summed E-state index contributed by atoms with van der Waals surface area (Å²) in [5, 5.41) is 0. The zero-order valence-electron chi connectivity index (χ0n) is 13.7. The Morgan fingerprint density at radius 3 is 2.59 bits per heavy atom. The van der Waals surface area contributed by atoms with Crippen LogP contribution in [0.25, 0.3) is 0 Å². The lowest BCUT2D eigenvalue weighted by Crippen LogP contribution is -2.49. The number of Topliss-reactive ketones (excluding diaryl/α,β-unsaturated/α-hetero) is 1. The molecule has 0 amide bonds. The number of nitrogens with one attached hydrogen (secondary N) is 1. The van der Waals surface area contributed by atoms with E-state index < -0.39 is 15.4 Å². The predicted molar refractivity (Wildman–Crippen MR) is 83.9 cm³/mol. The fourth-order valence-electron chi connectivity index (χ4n) is 4.83. The Labute approximate surface area is 133 Å². The molecule has 2 aliphatic carbocycles. The fourth-order valence-corrected chi connectivity index (χ4v) is 6.96. The van der Waals surface area contributed by atoms with Crippen molar-refractivity contribution in [2.45, 2.75) is 65.0 Å². The molecule has 0 unspecified atom stereocenters. The zero-order chi connectivity index (χ0) is 16.2. The van der Waals surface area contributed by atoms with Crippen molar-refractivity contribution in [2.24, 2.45) is 16.7 Å². The standard InChI is InChI=1S/C16H27NO4S/c1-11(13-5-4-8-21-13)17-22(19,20)10-16-7-6-12(9-14(16)18)15(16,2)3/h11-13,17H,4-10H2,1-3H3/t11-,12+,13-,16+/m1/s1. The lowest BCUT2D eigenvalue weighted by molar-refractivity contribution is -0.128. The Kier molecular flexibility index (Phi) is 3.94. The van der Waals surface area contributed by atoms with Crippen molar-refractivity contribution in [3.8, 4) is 0 Å². The van der Waals surface area contributed by atoms with Crippen LogP contribution in [0.15, 0.2) is 0 Å². The van der Waals surface area contributed by atoms with E-state index in [-0.39, 0.29) is 29.1 Å². The van der Waals surface area contributed by atoms with Crippen LogP contribution < -0.4 is 4.72 Å². The largest absolute Gasteiger partial charge is 0.377 e. The first kappa shape index (κ1) is 16.4. The minimum Gasteiger partial charge on any atom is -0.377 e. The monoisotopic (exact) mass is 329 g/mol. The van der Waals surface area contributed by atoms with Crippen molar-refractivity contribution in [3.05, 3.63) is 0 Å². The number of sulfonamides is 1. The van der Waals surface area contributed by atoms with Crippen LogP contribution in [-0.4, -0.2) is 38.7 Å². The molecule has 5 nitrogen and oxygen atoms in total. The van der Waals surface area contributed by atoms with Gasteiger partial charge in [-0.05, 0) is 43.9 Å². The Hall–Kier alpha value is -0.460. The summed E-state index contributed by atoms with van der Waals surface area (Å²) in [6.07, 6.45) is 4.05. The third kappa shape index (κ3) is 2.43. The predicted octanol–water partition coefficient (Wildman–Crippen LogP) is 1.87. The van der Waals surface area contributed by atoms with Crippen molar-refractivity contribution in [2.75, 3.05) is 12.4 Å². The molecule has 126 valence electrons. The number of ether oxygens (including phenoxy) is 1. The second-order valence-electron chi connectivity index (χ2n) is 7.88. The molecular formula is C16H27NO4S. The topological polar surface area (TPSA) is 72.5 Å². The van der Waals surface area contributed by atoms with Crippen molar-refractivity contribution < 1.29 is 17.9 Å². The molecule has 3 fully saturated rings. The Balaban J connectivity index is 1.75. The maximum Gasteiger partial charge on any atom is 0.212 e. The van der Waals surface area contributed by atoms with E-state index in [9.17, 15) is 13.2 Å². The van der Waals surface area contributed by atoms with Gasteiger partial charge in [0.25, 0.3) is 0 Å². The molecule has 2 saturated carbocycles. The average Bonchev–Trinajstić information content (AvgIpc) is 3.04. The minimum absolute atomic E-state index is 0.0455. The van der Waals surface area contributed by atoms with Gasteiger partial charge in [0.1, 0.15) is 5.78 Å². The van der Waals surface area contributed by atoms with Crippen LogP contribution >= 0.6 is 0 Å². The number of hydrogen-bond donors (Lipinski definition) is 1. The van der Waals surface area contributed by atoms with E-state index in [1.54, 1.807) is 0 Å². The van der Waals surface area contributed by atoms with Crippen molar-refractivity contribution in [3.63, 3.8) is 0 Å². The van der Waals surface area contributed by atoms with Gasteiger partial charge in [-0.3, -0.25) is 4.79 Å². The highest BCUT2D eigenvalue weighted by Gasteiger charge is 2.65. The normalized spacial score (nSPS) is 38.6. The van der Waals surface area contributed by atoms with Gasteiger partial charge in [0.15, 0.2) is 0 Å². The van der Waals surface area contributed by atoms with Crippen LogP contribution in [0.5, 0.6) is 0 Å². The molecule has 4 atom stereocenters. The van der Waals surface area contributed by atoms with Crippen LogP contribution in [0.2, 0.25) is 0 Å². The van der Waals surface area contributed by atoms with Crippen LogP contribution in [0.1, 0.15) is 52.9 Å². The highest BCUT2D eigenvalue weighted by molar-refractivity contribution is 7.89. The number of rotatable bonds is 5. The van der Waals surface area contributed by atoms with E-state index in [0.717, 1.165) is 19.3 Å². The highest BCUT2D eigenvalue weighted by atomic mass is 32.2. The van der Waals surface area contributed by atoms with Gasteiger partial charge >= 0.3 is 0 Å². The third-order valence-corrected chi connectivity index (χ3v) is 8.07. The van der Waals surface area contributed by atoms with Crippen molar-refractivity contribution in [1.82, 2.24) is 4.72 Å². The first-order valence-electron chi connectivity index (χ1n) is 8.33. The lowest BCUT2D eigenvalue weighted by atomic mass is 9.70. The van der Waals surface area contributed by atoms with E-state index in [4.69, 9.17) is 4.74 Å². The first-order chi connectivity index (χ1) is 10.2. The SMILES string of the molecule is C[C@@H](NS(=O)(=O)C[C@@]12CC[C@@H](CC1=O)C2(C)C)[C@H]1CCCO1. The summed E-state index contributed by atoms with van der Waals surface area (Å²) >= 11 is 0. The van der Waals surface area contributed by atoms with Gasteiger partial charge in [-0.15, -0.1) is 0 Å². The zero-order valence-corrected chi connectivity index (χ0v) is 14.5. The van der Waals surface area contributed by atoms with Gasteiger partial charge in [-0.25, -0.2) is 13.1 Å².